The average molecular weight is 474 g/mol. The van der Waals surface area contributed by atoms with Crippen molar-refractivity contribution in [3.8, 4) is 17.2 Å². The molecule has 0 spiro atoms. The Morgan fingerprint density at radius 3 is 2.57 bits per heavy atom. The second kappa shape index (κ2) is 8.90. The van der Waals surface area contributed by atoms with E-state index in [1.54, 1.807) is 36.2 Å². The Hall–Kier alpha value is -4.14. The summed E-state index contributed by atoms with van der Waals surface area (Å²) in [7, 11) is 3.07. The first-order valence-electron chi connectivity index (χ1n) is 11.5. The number of amides is 1. The van der Waals surface area contributed by atoms with Gasteiger partial charge in [-0.15, -0.1) is 0 Å². The molecule has 0 bridgehead atoms. The lowest BCUT2D eigenvalue weighted by Crippen LogP contribution is -2.31. The zero-order valence-electron chi connectivity index (χ0n) is 20.2. The van der Waals surface area contributed by atoms with Gasteiger partial charge in [0.2, 0.25) is 5.91 Å². The molecule has 5 rings (SSSR count). The first-order chi connectivity index (χ1) is 16.9. The second-order valence-corrected chi connectivity index (χ2v) is 8.82. The van der Waals surface area contributed by atoms with Crippen LogP contribution in [0.4, 0.5) is 5.69 Å². The normalized spacial score (nSPS) is 13.1. The fraction of sp³-hybridized carbons (Fsp3) is 0.308. The molecule has 2 heterocycles. The van der Waals surface area contributed by atoms with Crippen molar-refractivity contribution in [2.45, 2.75) is 39.2 Å². The number of carbonyl (C=O) groups is 1. The largest absolute Gasteiger partial charge is 0.497 e. The van der Waals surface area contributed by atoms with Crippen LogP contribution in [-0.4, -0.2) is 39.7 Å². The standard InChI is InChI=1S/C26H27N5O4/c1-15-5-8-18(11-16(15)2)31-25-20(13-27-31)24(17-6-7-17)29-30(26(25)33)14-23(32)28-21-10-9-19(34-3)12-22(21)35-4/h5,8-13,17H,6-7,14H2,1-4H3,(H,28,32). The van der Waals surface area contributed by atoms with E-state index < -0.39 is 0 Å². The number of nitrogens with one attached hydrogen (secondary N) is 1. The van der Waals surface area contributed by atoms with Gasteiger partial charge in [-0.3, -0.25) is 9.59 Å². The summed E-state index contributed by atoms with van der Waals surface area (Å²) >= 11 is 0. The predicted molar refractivity (Wildman–Crippen MR) is 133 cm³/mol. The van der Waals surface area contributed by atoms with Crippen LogP contribution in [0.2, 0.25) is 0 Å². The van der Waals surface area contributed by atoms with E-state index in [0.29, 0.717) is 22.7 Å². The molecule has 180 valence electrons. The first-order valence-corrected chi connectivity index (χ1v) is 11.5. The maximum Gasteiger partial charge on any atom is 0.293 e. The number of methoxy groups -OCH3 is 2. The van der Waals surface area contributed by atoms with Crippen molar-refractivity contribution in [1.29, 1.82) is 0 Å². The molecule has 2 aromatic carbocycles. The third-order valence-corrected chi connectivity index (χ3v) is 6.39. The van der Waals surface area contributed by atoms with Gasteiger partial charge in [-0.1, -0.05) is 6.07 Å². The summed E-state index contributed by atoms with van der Waals surface area (Å²) in [5.41, 5.74) is 4.42. The number of nitrogens with zero attached hydrogens (tertiary/aromatic N) is 4. The van der Waals surface area contributed by atoms with Crippen LogP contribution in [-0.2, 0) is 11.3 Å². The lowest BCUT2D eigenvalue weighted by molar-refractivity contribution is -0.117. The predicted octanol–water partition coefficient (Wildman–Crippen LogP) is 3.73. The Morgan fingerprint density at radius 1 is 1.09 bits per heavy atom. The molecule has 0 radical (unpaired) electrons. The number of rotatable bonds is 7. The fourth-order valence-electron chi connectivity index (χ4n) is 4.14. The van der Waals surface area contributed by atoms with E-state index in [1.165, 1.54) is 11.8 Å². The Bertz CT molecular complexity index is 1500. The number of anilines is 1. The van der Waals surface area contributed by atoms with E-state index in [4.69, 9.17) is 9.47 Å². The van der Waals surface area contributed by atoms with Crippen molar-refractivity contribution in [2.75, 3.05) is 19.5 Å². The number of aryl methyl sites for hydroxylation is 2. The fourth-order valence-corrected chi connectivity index (χ4v) is 4.14. The molecule has 1 fully saturated rings. The van der Waals surface area contributed by atoms with Crippen molar-refractivity contribution >= 4 is 22.5 Å². The number of aromatic nitrogens is 4. The molecule has 2 aromatic heterocycles. The topological polar surface area (TPSA) is 100 Å². The van der Waals surface area contributed by atoms with Gasteiger partial charge < -0.3 is 14.8 Å². The minimum Gasteiger partial charge on any atom is -0.497 e. The molecule has 1 N–H and O–H groups in total. The van der Waals surface area contributed by atoms with Crippen LogP contribution < -0.4 is 20.3 Å². The highest BCUT2D eigenvalue weighted by Crippen LogP contribution is 2.41. The molecule has 1 aliphatic carbocycles. The number of hydrogen-bond donors (Lipinski definition) is 1. The van der Waals surface area contributed by atoms with Crippen LogP contribution in [0.1, 0.15) is 35.6 Å². The minimum absolute atomic E-state index is 0.234. The summed E-state index contributed by atoms with van der Waals surface area (Å²) in [5, 5.41) is 12.7. The van der Waals surface area contributed by atoms with E-state index in [0.717, 1.165) is 40.7 Å². The first kappa shape index (κ1) is 22.6. The van der Waals surface area contributed by atoms with Gasteiger partial charge in [0.1, 0.15) is 23.6 Å². The van der Waals surface area contributed by atoms with Crippen LogP contribution in [0.15, 0.2) is 47.4 Å². The molecule has 1 aliphatic rings. The summed E-state index contributed by atoms with van der Waals surface area (Å²) in [6.07, 6.45) is 3.72. The molecular formula is C26H27N5O4. The van der Waals surface area contributed by atoms with Gasteiger partial charge in [0.05, 0.1) is 37.5 Å². The van der Waals surface area contributed by atoms with Crippen LogP contribution >= 0.6 is 0 Å². The molecular weight excluding hydrogens is 446 g/mol. The average Bonchev–Trinajstić information content (AvgIpc) is 3.60. The maximum absolute atomic E-state index is 13.5. The van der Waals surface area contributed by atoms with Gasteiger partial charge in [0.15, 0.2) is 0 Å². The SMILES string of the molecule is COc1ccc(NC(=O)Cn2nc(C3CC3)c3cnn(-c4ccc(C)c(C)c4)c3c2=O)c(OC)c1. The molecule has 1 saturated carbocycles. The van der Waals surface area contributed by atoms with E-state index in [-0.39, 0.29) is 23.9 Å². The molecule has 0 unspecified atom stereocenters. The molecule has 0 aliphatic heterocycles. The van der Waals surface area contributed by atoms with Crippen LogP contribution in [0.5, 0.6) is 11.5 Å². The van der Waals surface area contributed by atoms with Crippen molar-refractivity contribution in [3.63, 3.8) is 0 Å². The number of ether oxygens (including phenoxy) is 2. The molecule has 9 heteroatoms. The molecule has 0 saturated heterocycles. The van der Waals surface area contributed by atoms with Crippen molar-refractivity contribution < 1.29 is 14.3 Å². The quantitative estimate of drug-likeness (QED) is 0.439. The summed E-state index contributed by atoms with van der Waals surface area (Å²) in [4.78, 5) is 26.5. The van der Waals surface area contributed by atoms with Crippen molar-refractivity contribution in [1.82, 2.24) is 19.6 Å². The molecule has 4 aromatic rings. The van der Waals surface area contributed by atoms with Crippen LogP contribution in [0, 0.1) is 13.8 Å². The van der Waals surface area contributed by atoms with Gasteiger partial charge in [-0.25, -0.2) is 9.36 Å². The van der Waals surface area contributed by atoms with Crippen molar-refractivity contribution in [3.05, 3.63) is 69.8 Å². The van der Waals surface area contributed by atoms with Gasteiger partial charge >= 0.3 is 0 Å². The number of benzene rings is 2. The van der Waals surface area contributed by atoms with Gasteiger partial charge in [0.25, 0.3) is 5.56 Å². The van der Waals surface area contributed by atoms with Crippen LogP contribution in [0.25, 0.3) is 16.6 Å². The zero-order chi connectivity index (χ0) is 24.7. The number of hydrogen-bond acceptors (Lipinski definition) is 6. The van der Waals surface area contributed by atoms with Gasteiger partial charge in [0, 0.05) is 17.4 Å². The summed E-state index contributed by atoms with van der Waals surface area (Å²) in [6.45, 7) is 3.83. The van der Waals surface area contributed by atoms with Crippen LogP contribution in [0.3, 0.4) is 0 Å². The number of carbonyl (C=O) groups excluding carboxylic acids is 1. The molecule has 1 amide bonds. The van der Waals surface area contributed by atoms with E-state index in [1.807, 2.05) is 32.0 Å². The monoisotopic (exact) mass is 473 g/mol. The Balaban J connectivity index is 1.53. The highest BCUT2D eigenvalue weighted by Gasteiger charge is 2.30. The summed E-state index contributed by atoms with van der Waals surface area (Å²) in [6, 6.07) is 11.1. The molecule has 35 heavy (non-hydrogen) atoms. The molecule has 0 atom stereocenters. The van der Waals surface area contributed by atoms with Gasteiger partial charge in [-0.2, -0.15) is 10.2 Å². The summed E-state index contributed by atoms with van der Waals surface area (Å²) in [5.74, 6) is 0.949. The minimum atomic E-state index is -0.388. The third-order valence-electron chi connectivity index (χ3n) is 6.39. The highest BCUT2D eigenvalue weighted by molar-refractivity contribution is 5.92. The zero-order valence-corrected chi connectivity index (χ0v) is 20.2. The lowest BCUT2D eigenvalue weighted by atomic mass is 10.1. The molecule has 9 nitrogen and oxygen atoms in total. The van der Waals surface area contributed by atoms with E-state index >= 15 is 0 Å². The Kier molecular flexibility index (Phi) is 5.76. The smallest absolute Gasteiger partial charge is 0.293 e. The third kappa shape index (κ3) is 4.25. The Labute approximate surface area is 202 Å². The number of fused-ring (bicyclic) bond motifs is 1. The second-order valence-electron chi connectivity index (χ2n) is 8.82. The van der Waals surface area contributed by atoms with Gasteiger partial charge in [-0.05, 0) is 62.1 Å². The van der Waals surface area contributed by atoms with E-state index in [9.17, 15) is 9.59 Å². The lowest BCUT2D eigenvalue weighted by Gasteiger charge is -2.13. The van der Waals surface area contributed by atoms with Crippen molar-refractivity contribution in [2.24, 2.45) is 0 Å². The van der Waals surface area contributed by atoms with E-state index in [2.05, 4.69) is 15.5 Å². The maximum atomic E-state index is 13.5. The Morgan fingerprint density at radius 2 is 1.89 bits per heavy atom. The summed E-state index contributed by atoms with van der Waals surface area (Å²) < 4.78 is 13.5. The highest BCUT2D eigenvalue weighted by atomic mass is 16.5.